The topological polar surface area (TPSA) is 52.3 Å². The van der Waals surface area contributed by atoms with E-state index in [2.05, 4.69) is 15.9 Å². The maximum atomic E-state index is 11.0. The van der Waals surface area contributed by atoms with E-state index in [1.54, 1.807) is 12.1 Å². The van der Waals surface area contributed by atoms with E-state index in [4.69, 9.17) is 10.5 Å². The summed E-state index contributed by atoms with van der Waals surface area (Å²) in [6.07, 6.45) is 0. The lowest BCUT2D eigenvalue weighted by Gasteiger charge is -2.06. The summed E-state index contributed by atoms with van der Waals surface area (Å²) in [5, 5.41) is 0.809. The zero-order valence-electron chi connectivity index (χ0n) is 10.3. The molecule has 0 aliphatic rings. The van der Waals surface area contributed by atoms with E-state index in [1.807, 2.05) is 36.4 Å². The zero-order chi connectivity index (χ0) is 13.7. The lowest BCUT2D eigenvalue weighted by atomic mass is 10.0. The Morgan fingerprint density at radius 3 is 2.00 bits per heavy atom. The number of hydrogen-bond acceptors (Lipinski definition) is 2. The predicted octanol–water partition coefficient (Wildman–Crippen LogP) is 3.23. The summed E-state index contributed by atoms with van der Waals surface area (Å²) < 4.78 is 5.49. The minimum Gasteiger partial charge on any atom is -0.493 e. The van der Waals surface area contributed by atoms with E-state index >= 15 is 0 Å². The van der Waals surface area contributed by atoms with Crippen LogP contribution in [-0.2, 0) is 0 Å². The van der Waals surface area contributed by atoms with Gasteiger partial charge in [0.2, 0.25) is 5.91 Å². The summed E-state index contributed by atoms with van der Waals surface area (Å²) in [4.78, 5) is 11.0. The number of benzene rings is 2. The van der Waals surface area contributed by atoms with Crippen molar-refractivity contribution in [2.45, 2.75) is 0 Å². The molecule has 0 aliphatic heterocycles. The third kappa shape index (κ3) is 3.58. The van der Waals surface area contributed by atoms with Gasteiger partial charge in [-0.3, -0.25) is 4.79 Å². The van der Waals surface area contributed by atoms with Gasteiger partial charge in [0, 0.05) is 10.9 Å². The fourth-order valence-corrected chi connectivity index (χ4v) is 1.89. The molecule has 4 heteroatoms. The lowest BCUT2D eigenvalue weighted by Crippen LogP contribution is -2.10. The van der Waals surface area contributed by atoms with Crippen LogP contribution in [0.25, 0.3) is 11.1 Å². The highest BCUT2D eigenvalue weighted by molar-refractivity contribution is 9.09. The Morgan fingerprint density at radius 2 is 1.53 bits per heavy atom. The molecule has 0 bridgehead atoms. The summed E-state index contributed by atoms with van der Waals surface area (Å²) in [7, 11) is 0. The first kappa shape index (κ1) is 13.6. The van der Waals surface area contributed by atoms with Crippen molar-refractivity contribution in [3.05, 3.63) is 54.1 Å². The number of ether oxygens (including phenoxy) is 1. The number of halogens is 1. The highest BCUT2D eigenvalue weighted by Crippen LogP contribution is 2.22. The molecule has 2 rings (SSSR count). The van der Waals surface area contributed by atoms with Crippen molar-refractivity contribution in [1.82, 2.24) is 0 Å². The molecule has 19 heavy (non-hydrogen) atoms. The van der Waals surface area contributed by atoms with Crippen LogP contribution in [0.4, 0.5) is 0 Å². The van der Waals surface area contributed by atoms with Crippen LogP contribution in [0.3, 0.4) is 0 Å². The van der Waals surface area contributed by atoms with Gasteiger partial charge in [-0.2, -0.15) is 0 Å². The molecule has 0 aromatic heterocycles. The second-order valence-corrected chi connectivity index (χ2v) is 4.80. The van der Waals surface area contributed by atoms with Gasteiger partial charge < -0.3 is 10.5 Å². The predicted molar refractivity (Wildman–Crippen MR) is 79.7 cm³/mol. The highest BCUT2D eigenvalue weighted by Gasteiger charge is 2.02. The number of carbonyl (C=O) groups is 1. The molecular weight excluding hydrogens is 306 g/mol. The average Bonchev–Trinajstić information content (AvgIpc) is 2.46. The number of hydrogen-bond donors (Lipinski definition) is 1. The van der Waals surface area contributed by atoms with Crippen molar-refractivity contribution >= 4 is 21.8 Å². The highest BCUT2D eigenvalue weighted by atomic mass is 79.9. The SMILES string of the molecule is NC(=O)c1ccc(-c2ccc(OCCBr)cc2)cc1. The quantitative estimate of drug-likeness (QED) is 0.860. The van der Waals surface area contributed by atoms with Crippen LogP contribution in [0.2, 0.25) is 0 Å². The molecule has 0 atom stereocenters. The summed E-state index contributed by atoms with van der Waals surface area (Å²) >= 11 is 3.31. The van der Waals surface area contributed by atoms with Crippen molar-refractivity contribution < 1.29 is 9.53 Å². The minimum absolute atomic E-state index is 0.412. The summed E-state index contributed by atoms with van der Waals surface area (Å²) in [5.41, 5.74) is 7.83. The maximum absolute atomic E-state index is 11.0. The zero-order valence-corrected chi connectivity index (χ0v) is 11.9. The molecule has 0 heterocycles. The standard InChI is InChI=1S/C15H14BrNO2/c16-9-10-19-14-7-5-12(6-8-14)11-1-3-13(4-2-11)15(17)18/h1-8H,9-10H2,(H2,17,18). The maximum Gasteiger partial charge on any atom is 0.248 e. The van der Waals surface area contributed by atoms with E-state index in [-0.39, 0.29) is 0 Å². The smallest absolute Gasteiger partial charge is 0.248 e. The van der Waals surface area contributed by atoms with Gasteiger partial charge in [-0.25, -0.2) is 0 Å². The fourth-order valence-electron chi connectivity index (χ4n) is 1.73. The van der Waals surface area contributed by atoms with Gasteiger partial charge in [0.25, 0.3) is 0 Å². The Morgan fingerprint density at radius 1 is 1.00 bits per heavy atom. The van der Waals surface area contributed by atoms with Gasteiger partial charge in [0.05, 0.1) is 6.61 Å². The van der Waals surface area contributed by atoms with Crippen LogP contribution in [0.15, 0.2) is 48.5 Å². The summed E-state index contributed by atoms with van der Waals surface area (Å²) in [6.45, 7) is 0.645. The van der Waals surface area contributed by atoms with E-state index < -0.39 is 5.91 Å². The lowest BCUT2D eigenvalue weighted by molar-refractivity contribution is 0.100. The third-order valence-electron chi connectivity index (χ3n) is 2.70. The summed E-state index contributed by atoms with van der Waals surface area (Å²) in [6, 6.07) is 15.1. The Labute approximate surface area is 120 Å². The molecule has 0 radical (unpaired) electrons. The molecule has 0 aliphatic carbocycles. The fraction of sp³-hybridized carbons (Fsp3) is 0.133. The first-order valence-corrected chi connectivity index (χ1v) is 7.02. The molecule has 0 saturated heterocycles. The van der Waals surface area contributed by atoms with Crippen molar-refractivity contribution in [2.75, 3.05) is 11.9 Å². The van der Waals surface area contributed by atoms with Gasteiger partial charge >= 0.3 is 0 Å². The van der Waals surface area contributed by atoms with E-state index in [1.165, 1.54) is 0 Å². The van der Waals surface area contributed by atoms with E-state index in [0.717, 1.165) is 22.2 Å². The van der Waals surface area contributed by atoms with Crippen LogP contribution >= 0.6 is 15.9 Å². The number of carbonyl (C=O) groups excluding carboxylic acids is 1. The van der Waals surface area contributed by atoms with Crippen LogP contribution in [0, 0.1) is 0 Å². The largest absolute Gasteiger partial charge is 0.493 e. The van der Waals surface area contributed by atoms with Crippen LogP contribution in [0.5, 0.6) is 5.75 Å². The molecular formula is C15H14BrNO2. The summed E-state index contributed by atoms with van der Waals surface area (Å²) in [5.74, 6) is 0.432. The van der Waals surface area contributed by atoms with Crippen LogP contribution in [0.1, 0.15) is 10.4 Å². The Hall–Kier alpha value is -1.81. The van der Waals surface area contributed by atoms with Crippen molar-refractivity contribution in [1.29, 1.82) is 0 Å². The average molecular weight is 320 g/mol. The first-order chi connectivity index (χ1) is 9.20. The van der Waals surface area contributed by atoms with Crippen molar-refractivity contribution in [2.24, 2.45) is 5.73 Å². The molecule has 0 spiro atoms. The third-order valence-corrected chi connectivity index (χ3v) is 3.03. The normalized spacial score (nSPS) is 10.2. The van der Waals surface area contributed by atoms with Crippen LogP contribution in [-0.4, -0.2) is 17.8 Å². The van der Waals surface area contributed by atoms with E-state index in [0.29, 0.717) is 12.2 Å². The van der Waals surface area contributed by atoms with Crippen molar-refractivity contribution in [3.63, 3.8) is 0 Å². The molecule has 1 amide bonds. The van der Waals surface area contributed by atoms with E-state index in [9.17, 15) is 4.79 Å². The van der Waals surface area contributed by atoms with Gasteiger partial charge in [0.15, 0.2) is 0 Å². The molecule has 0 saturated carbocycles. The molecule has 3 nitrogen and oxygen atoms in total. The number of rotatable bonds is 5. The molecule has 98 valence electrons. The molecule has 0 unspecified atom stereocenters. The molecule has 0 fully saturated rings. The van der Waals surface area contributed by atoms with Gasteiger partial charge in [0.1, 0.15) is 5.75 Å². The number of alkyl halides is 1. The van der Waals surface area contributed by atoms with Crippen LogP contribution < -0.4 is 10.5 Å². The second-order valence-electron chi connectivity index (χ2n) is 4.00. The Balaban J connectivity index is 2.15. The number of amides is 1. The Bertz CT molecular complexity index is 549. The van der Waals surface area contributed by atoms with Gasteiger partial charge in [-0.15, -0.1) is 0 Å². The molecule has 2 aromatic rings. The molecule has 2 aromatic carbocycles. The Kier molecular flexibility index (Phi) is 4.58. The van der Waals surface area contributed by atoms with Gasteiger partial charge in [-0.1, -0.05) is 40.2 Å². The molecule has 2 N–H and O–H groups in total. The number of nitrogens with two attached hydrogens (primary N) is 1. The second kappa shape index (κ2) is 6.38. The number of primary amides is 1. The van der Waals surface area contributed by atoms with Gasteiger partial charge in [-0.05, 0) is 35.4 Å². The van der Waals surface area contributed by atoms with Crippen molar-refractivity contribution in [3.8, 4) is 16.9 Å². The minimum atomic E-state index is -0.412. The monoisotopic (exact) mass is 319 g/mol. The first-order valence-electron chi connectivity index (χ1n) is 5.90.